The Hall–Kier alpha value is -0.610. The lowest BCUT2D eigenvalue weighted by Gasteiger charge is -2.38. The molecule has 22 heavy (non-hydrogen) atoms. The van der Waals surface area contributed by atoms with E-state index in [1.54, 1.807) is 0 Å². The first-order chi connectivity index (χ1) is 10.5. The van der Waals surface area contributed by atoms with E-state index < -0.39 is 6.29 Å². The van der Waals surface area contributed by atoms with Gasteiger partial charge in [0.15, 0.2) is 0 Å². The molecule has 0 aromatic heterocycles. The summed E-state index contributed by atoms with van der Waals surface area (Å²) in [5.41, 5.74) is 0. The Morgan fingerprint density at radius 3 is 2.73 bits per heavy atom. The Morgan fingerprint density at radius 2 is 2.05 bits per heavy atom. The van der Waals surface area contributed by atoms with E-state index in [0.29, 0.717) is 30.8 Å². The number of unbranched alkanes of at least 4 members (excludes halogenated alkanes) is 1. The van der Waals surface area contributed by atoms with Crippen LogP contribution in [0.5, 0.6) is 0 Å². The molecule has 2 aliphatic rings. The van der Waals surface area contributed by atoms with E-state index in [0.717, 1.165) is 19.3 Å². The van der Waals surface area contributed by atoms with Gasteiger partial charge in [-0.05, 0) is 37.0 Å². The summed E-state index contributed by atoms with van der Waals surface area (Å²) in [6.07, 6.45) is 5.37. The Morgan fingerprint density at radius 1 is 1.27 bits per heavy atom. The summed E-state index contributed by atoms with van der Waals surface area (Å²) in [5.74, 6) is 1.62. The summed E-state index contributed by atoms with van der Waals surface area (Å²) >= 11 is 0. The van der Waals surface area contributed by atoms with Crippen LogP contribution >= 0.6 is 0 Å². The van der Waals surface area contributed by atoms with Gasteiger partial charge in [0.05, 0.1) is 12.5 Å². The average Bonchev–Trinajstić information content (AvgIpc) is 2.79. The third-order valence-electron chi connectivity index (χ3n) is 5.02. The highest BCUT2D eigenvalue weighted by Crippen LogP contribution is 2.37. The number of cyclic esters (lactones) is 1. The summed E-state index contributed by atoms with van der Waals surface area (Å²) in [4.78, 5) is 11.6. The van der Waals surface area contributed by atoms with E-state index in [1.807, 2.05) is 0 Å². The first-order valence-electron chi connectivity index (χ1n) is 8.97. The molecular weight excluding hydrogens is 280 g/mol. The zero-order valence-corrected chi connectivity index (χ0v) is 14.5. The maximum absolute atomic E-state index is 11.6. The first kappa shape index (κ1) is 17.7. The van der Waals surface area contributed by atoms with Crippen molar-refractivity contribution in [1.82, 2.24) is 0 Å². The molecule has 2 fully saturated rings. The van der Waals surface area contributed by atoms with Gasteiger partial charge in [-0.1, -0.05) is 40.5 Å². The second kappa shape index (κ2) is 8.30. The molecule has 5 atom stereocenters. The highest BCUT2D eigenvalue weighted by atomic mass is 16.7. The van der Waals surface area contributed by atoms with Gasteiger partial charge in [0.1, 0.15) is 6.10 Å². The smallest absolute Gasteiger partial charge is 0.311 e. The zero-order valence-electron chi connectivity index (χ0n) is 14.5. The normalized spacial score (nSPS) is 35.9. The molecule has 0 unspecified atom stereocenters. The third-order valence-corrected chi connectivity index (χ3v) is 5.02. The zero-order chi connectivity index (χ0) is 16.1. The monoisotopic (exact) mass is 312 g/mol. The maximum atomic E-state index is 11.6. The summed E-state index contributed by atoms with van der Waals surface area (Å²) in [5, 5.41) is 0. The van der Waals surface area contributed by atoms with Crippen LogP contribution in [0, 0.1) is 17.8 Å². The average molecular weight is 312 g/mol. The molecule has 0 aromatic rings. The second-order valence-corrected chi connectivity index (χ2v) is 7.33. The molecule has 0 aromatic carbocycles. The lowest BCUT2D eigenvalue weighted by molar-refractivity contribution is -0.211. The van der Waals surface area contributed by atoms with Crippen LogP contribution in [0.4, 0.5) is 0 Å². The van der Waals surface area contributed by atoms with Crippen molar-refractivity contribution >= 4 is 5.97 Å². The molecule has 1 saturated heterocycles. The van der Waals surface area contributed by atoms with Crippen molar-refractivity contribution in [3.8, 4) is 0 Å². The third kappa shape index (κ3) is 4.69. The Labute approximate surface area is 134 Å². The Bertz CT molecular complexity index is 355. The number of esters is 1. The predicted molar refractivity (Wildman–Crippen MR) is 85.4 cm³/mol. The summed E-state index contributed by atoms with van der Waals surface area (Å²) in [6, 6.07) is 0. The van der Waals surface area contributed by atoms with Gasteiger partial charge in [-0.25, -0.2) is 0 Å². The molecule has 0 amide bonds. The molecule has 2 rings (SSSR count). The number of ether oxygens (including phenoxy) is 3. The maximum Gasteiger partial charge on any atom is 0.311 e. The Kier molecular flexibility index (Phi) is 6.69. The van der Waals surface area contributed by atoms with Crippen LogP contribution in [0.3, 0.4) is 0 Å². The van der Waals surface area contributed by atoms with Crippen LogP contribution < -0.4 is 0 Å². The molecule has 0 spiro atoms. The molecule has 1 heterocycles. The Balaban J connectivity index is 1.94. The number of carbonyl (C=O) groups is 1. The molecule has 0 N–H and O–H groups in total. The minimum Gasteiger partial charge on any atom is -0.433 e. The van der Waals surface area contributed by atoms with E-state index in [2.05, 4.69) is 27.7 Å². The van der Waals surface area contributed by atoms with Crippen LogP contribution in [0.15, 0.2) is 0 Å². The van der Waals surface area contributed by atoms with Gasteiger partial charge in [-0.15, -0.1) is 0 Å². The minimum atomic E-state index is -0.513. The van der Waals surface area contributed by atoms with Crippen molar-refractivity contribution in [3.63, 3.8) is 0 Å². The van der Waals surface area contributed by atoms with E-state index in [-0.39, 0.29) is 18.2 Å². The molecule has 4 nitrogen and oxygen atoms in total. The molecular formula is C18H32O4. The van der Waals surface area contributed by atoms with Crippen LogP contribution in [0.2, 0.25) is 0 Å². The number of carbonyl (C=O) groups excluding carboxylic acids is 1. The van der Waals surface area contributed by atoms with Crippen molar-refractivity contribution in [1.29, 1.82) is 0 Å². The highest BCUT2D eigenvalue weighted by Gasteiger charge is 2.41. The predicted octanol–water partition coefficient (Wildman–Crippen LogP) is 3.92. The van der Waals surface area contributed by atoms with Crippen molar-refractivity contribution < 1.29 is 19.0 Å². The van der Waals surface area contributed by atoms with Gasteiger partial charge >= 0.3 is 5.97 Å². The lowest BCUT2D eigenvalue weighted by atomic mass is 9.75. The number of hydrogen-bond donors (Lipinski definition) is 0. The lowest BCUT2D eigenvalue weighted by Crippen LogP contribution is -2.40. The van der Waals surface area contributed by atoms with Crippen molar-refractivity contribution in [2.24, 2.45) is 17.8 Å². The molecule has 1 aliphatic carbocycles. The molecule has 128 valence electrons. The standard InChI is InChI=1S/C18H32O4/c1-5-6-9-20-16-11-17(19)22-18(16)21-15-10-13(4)7-8-14(15)12(2)3/h12-16,18H,5-11H2,1-4H3/t13-,14+,15-,16-,18-/m1/s1. The van der Waals surface area contributed by atoms with Gasteiger partial charge in [-0.2, -0.15) is 0 Å². The van der Waals surface area contributed by atoms with Gasteiger partial charge in [0, 0.05) is 6.61 Å². The van der Waals surface area contributed by atoms with Crippen molar-refractivity contribution in [2.75, 3.05) is 6.61 Å². The van der Waals surface area contributed by atoms with Crippen LogP contribution in [0.25, 0.3) is 0 Å². The van der Waals surface area contributed by atoms with E-state index in [4.69, 9.17) is 14.2 Å². The van der Waals surface area contributed by atoms with Gasteiger partial charge in [-0.3, -0.25) is 4.79 Å². The van der Waals surface area contributed by atoms with Crippen LogP contribution in [0.1, 0.15) is 66.2 Å². The first-order valence-corrected chi connectivity index (χ1v) is 8.97. The van der Waals surface area contributed by atoms with Crippen LogP contribution in [-0.4, -0.2) is 31.1 Å². The molecule has 0 bridgehead atoms. The van der Waals surface area contributed by atoms with Gasteiger partial charge < -0.3 is 14.2 Å². The molecule has 1 saturated carbocycles. The summed E-state index contributed by atoms with van der Waals surface area (Å²) in [6.45, 7) is 9.60. The molecule has 1 aliphatic heterocycles. The fourth-order valence-corrected chi connectivity index (χ4v) is 3.59. The quantitative estimate of drug-likeness (QED) is 0.528. The SMILES string of the molecule is CCCCO[C@@H]1CC(=O)O[C@H]1O[C@@H]1C[C@H](C)CC[C@H]1C(C)C. The summed E-state index contributed by atoms with van der Waals surface area (Å²) in [7, 11) is 0. The van der Waals surface area contributed by atoms with Crippen molar-refractivity contribution in [3.05, 3.63) is 0 Å². The van der Waals surface area contributed by atoms with Gasteiger partial charge in [0.25, 0.3) is 0 Å². The molecule has 0 radical (unpaired) electrons. The summed E-state index contributed by atoms with van der Waals surface area (Å²) < 4.78 is 17.4. The fraction of sp³-hybridized carbons (Fsp3) is 0.944. The largest absolute Gasteiger partial charge is 0.433 e. The van der Waals surface area contributed by atoms with Crippen LogP contribution in [-0.2, 0) is 19.0 Å². The van der Waals surface area contributed by atoms with E-state index >= 15 is 0 Å². The number of rotatable bonds is 7. The van der Waals surface area contributed by atoms with E-state index in [1.165, 1.54) is 12.8 Å². The molecule has 4 heteroatoms. The highest BCUT2D eigenvalue weighted by molar-refractivity contribution is 5.72. The second-order valence-electron chi connectivity index (χ2n) is 7.33. The minimum absolute atomic E-state index is 0.178. The van der Waals surface area contributed by atoms with Gasteiger partial charge in [0.2, 0.25) is 6.29 Å². The van der Waals surface area contributed by atoms with E-state index in [9.17, 15) is 4.79 Å². The number of hydrogen-bond acceptors (Lipinski definition) is 4. The van der Waals surface area contributed by atoms with Crippen molar-refractivity contribution in [2.45, 2.75) is 84.7 Å². The fourth-order valence-electron chi connectivity index (χ4n) is 3.59. The topological polar surface area (TPSA) is 44.8 Å².